The van der Waals surface area contributed by atoms with E-state index in [1.165, 1.54) is 11.8 Å². The maximum atomic E-state index is 11.1. The fourth-order valence-corrected chi connectivity index (χ4v) is 3.73. The van der Waals surface area contributed by atoms with E-state index in [0.29, 0.717) is 0 Å². The normalized spacial score (nSPS) is 17.2. The molecule has 4 nitrogen and oxygen atoms in total. The van der Waals surface area contributed by atoms with Crippen LogP contribution in [0.2, 0.25) is 0 Å². The van der Waals surface area contributed by atoms with Gasteiger partial charge in [0, 0.05) is 22.0 Å². The lowest BCUT2D eigenvalue weighted by Gasteiger charge is -2.13. The molecule has 2 N–H and O–H groups in total. The molecule has 1 fully saturated rings. The Morgan fingerprint density at radius 1 is 1.33 bits per heavy atom. The molecule has 1 aromatic heterocycles. The molecule has 0 bridgehead atoms. The standard InChI is InChI=1S/C19H19NO3S/c1-13(18(21)22)24-17-7-11-20-16-5-4-14(12-15(16)17)6-10-19(23)8-2-3-9-19/h4-5,7,11-13,23H,2-3,8-9H2,1H3,(H,21,22). The summed E-state index contributed by atoms with van der Waals surface area (Å²) in [6.45, 7) is 1.67. The highest BCUT2D eigenvalue weighted by atomic mass is 32.2. The minimum absolute atomic E-state index is 0.537. The van der Waals surface area contributed by atoms with Gasteiger partial charge in [-0.25, -0.2) is 0 Å². The first-order valence-electron chi connectivity index (χ1n) is 8.01. The van der Waals surface area contributed by atoms with Gasteiger partial charge < -0.3 is 10.2 Å². The van der Waals surface area contributed by atoms with Crippen LogP contribution in [-0.2, 0) is 4.79 Å². The number of benzene rings is 1. The molecule has 0 amide bonds. The zero-order valence-corrected chi connectivity index (χ0v) is 14.3. The average molecular weight is 341 g/mol. The second-order valence-electron chi connectivity index (χ2n) is 6.13. The number of aromatic nitrogens is 1. The summed E-state index contributed by atoms with van der Waals surface area (Å²) >= 11 is 1.30. The van der Waals surface area contributed by atoms with Gasteiger partial charge in [0.05, 0.1) is 5.52 Å². The number of hydrogen-bond acceptors (Lipinski definition) is 4. The first-order chi connectivity index (χ1) is 11.5. The number of thioether (sulfide) groups is 1. The first-order valence-corrected chi connectivity index (χ1v) is 8.89. The van der Waals surface area contributed by atoms with Crippen molar-refractivity contribution >= 4 is 28.6 Å². The van der Waals surface area contributed by atoms with Gasteiger partial charge in [-0.05, 0) is 56.9 Å². The van der Waals surface area contributed by atoms with E-state index in [-0.39, 0.29) is 0 Å². The van der Waals surface area contributed by atoms with Crippen molar-refractivity contribution in [2.45, 2.75) is 48.4 Å². The Labute approximate surface area is 145 Å². The minimum Gasteiger partial charge on any atom is -0.480 e. The molecule has 24 heavy (non-hydrogen) atoms. The number of aliphatic carboxylic acids is 1. The van der Waals surface area contributed by atoms with Crippen LogP contribution in [0, 0.1) is 11.8 Å². The average Bonchev–Trinajstić information content (AvgIpc) is 3.00. The topological polar surface area (TPSA) is 70.4 Å². The SMILES string of the molecule is CC(Sc1ccnc2ccc(C#CC3(O)CCCC3)cc12)C(=O)O. The minimum atomic E-state index is -0.862. The van der Waals surface area contributed by atoms with Crippen molar-refractivity contribution in [3.63, 3.8) is 0 Å². The Balaban J connectivity index is 1.94. The fraction of sp³-hybridized carbons (Fsp3) is 0.368. The zero-order valence-electron chi connectivity index (χ0n) is 13.5. The number of carboxylic acid groups (broad SMARTS) is 1. The molecule has 3 rings (SSSR count). The summed E-state index contributed by atoms with van der Waals surface area (Å²) in [6.07, 6.45) is 5.17. The second-order valence-corrected chi connectivity index (χ2v) is 7.51. The number of rotatable bonds is 3. The van der Waals surface area contributed by atoms with E-state index in [2.05, 4.69) is 16.8 Å². The molecule has 0 spiro atoms. The maximum absolute atomic E-state index is 11.1. The van der Waals surface area contributed by atoms with Crippen LogP contribution >= 0.6 is 11.8 Å². The van der Waals surface area contributed by atoms with Crippen LogP contribution < -0.4 is 0 Å². The van der Waals surface area contributed by atoms with Crippen LogP contribution in [0.1, 0.15) is 38.2 Å². The Hall–Kier alpha value is -2.03. The van der Waals surface area contributed by atoms with Gasteiger partial charge >= 0.3 is 5.97 Å². The highest BCUT2D eigenvalue weighted by Gasteiger charge is 2.28. The van der Waals surface area contributed by atoms with E-state index in [9.17, 15) is 9.90 Å². The van der Waals surface area contributed by atoms with E-state index in [1.807, 2.05) is 24.3 Å². The van der Waals surface area contributed by atoms with Gasteiger partial charge in [-0.2, -0.15) is 0 Å². The van der Waals surface area contributed by atoms with E-state index in [0.717, 1.165) is 47.0 Å². The van der Waals surface area contributed by atoms with Crippen molar-refractivity contribution in [3.8, 4) is 11.8 Å². The monoisotopic (exact) mass is 341 g/mol. The largest absolute Gasteiger partial charge is 0.480 e. The smallest absolute Gasteiger partial charge is 0.316 e. The number of aliphatic hydroxyl groups is 1. The predicted molar refractivity (Wildman–Crippen MR) is 95.0 cm³/mol. The lowest BCUT2D eigenvalue weighted by atomic mass is 10.0. The van der Waals surface area contributed by atoms with Crippen LogP contribution in [-0.4, -0.2) is 32.0 Å². The fourth-order valence-electron chi connectivity index (χ4n) is 2.82. The summed E-state index contributed by atoms with van der Waals surface area (Å²) < 4.78 is 0. The molecule has 124 valence electrons. The molecule has 1 atom stereocenters. The number of pyridine rings is 1. The van der Waals surface area contributed by atoms with Crippen molar-refractivity contribution in [1.29, 1.82) is 0 Å². The van der Waals surface area contributed by atoms with Crippen molar-refractivity contribution in [3.05, 3.63) is 36.0 Å². The third-order valence-electron chi connectivity index (χ3n) is 4.22. The lowest BCUT2D eigenvalue weighted by Crippen LogP contribution is -2.20. The van der Waals surface area contributed by atoms with Crippen molar-refractivity contribution < 1.29 is 15.0 Å². The predicted octanol–water partition coefficient (Wildman–Crippen LogP) is 3.46. The molecule has 1 unspecified atom stereocenters. The zero-order chi connectivity index (χ0) is 17.2. The van der Waals surface area contributed by atoms with Gasteiger partial charge in [0.25, 0.3) is 0 Å². The van der Waals surface area contributed by atoms with Crippen molar-refractivity contribution in [2.75, 3.05) is 0 Å². The molecule has 1 aliphatic rings. The molecular weight excluding hydrogens is 322 g/mol. The van der Waals surface area contributed by atoms with Gasteiger partial charge in [0.2, 0.25) is 0 Å². The lowest BCUT2D eigenvalue weighted by molar-refractivity contribution is -0.136. The summed E-state index contributed by atoms with van der Waals surface area (Å²) in [5.74, 6) is 5.23. The molecule has 0 radical (unpaired) electrons. The van der Waals surface area contributed by atoms with Crippen LogP contribution in [0.4, 0.5) is 0 Å². The Morgan fingerprint density at radius 3 is 2.79 bits per heavy atom. The van der Waals surface area contributed by atoms with Crippen LogP contribution in [0.25, 0.3) is 10.9 Å². The Kier molecular flexibility index (Phi) is 4.79. The van der Waals surface area contributed by atoms with E-state index < -0.39 is 16.8 Å². The van der Waals surface area contributed by atoms with Gasteiger partial charge in [0.15, 0.2) is 0 Å². The third-order valence-corrected chi connectivity index (χ3v) is 5.39. The molecule has 2 aromatic rings. The molecule has 1 aromatic carbocycles. The molecule has 1 aliphatic carbocycles. The second kappa shape index (κ2) is 6.84. The van der Waals surface area contributed by atoms with Crippen LogP contribution in [0.15, 0.2) is 35.4 Å². The molecule has 1 saturated carbocycles. The molecule has 5 heteroatoms. The van der Waals surface area contributed by atoms with Crippen LogP contribution in [0.3, 0.4) is 0 Å². The number of nitrogens with zero attached hydrogens (tertiary/aromatic N) is 1. The van der Waals surface area contributed by atoms with Crippen molar-refractivity contribution in [1.82, 2.24) is 4.98 Å². The van der Waals surface area contributed by atoms with E-state index in [4.69, 9.17) is 5.11 Å². The molecule has 1 heterocycles. The Bertz CT molecular complexity index is 831. The number of fused-ring (bicyclic) bond motifs is 1. The number of carboxylic acids is 1. The first kappa shape index (κ1) is 16.8. The third kappa shape index (κ3) is 3.72. The number of carbonyl (C=O) groups is 1. The van der Waals surface area contributed by atoms with Gasteiger partial charge in [-0.3, -0.25) is 9.78 Å². The summed E-state index contributed by atoms with van der Waals surface area (Å²) in [5, 5.41) is 19.8. The van der Waals surface area contributed by atoms with Crippen molar-refractivity contribution in [2.24, 2.45) is 0 Å². The summed E-state index contributed by atoms with van der Waals surface area (Å²) in [6, 6.07) is 7.52. The number of hydrogen-bond donors (Lipinski definition) is 2. The van der Waals surface area contributed by atoms with Crippen LogP contribution in [0.5, 0.6) is 0 Å². The van der Waals surface area contributed by atoms with Gasteiger partial charge in [0.1, 0.15) is 10.9 Å². The maximum Gasteiger partial charge on any atom is 0.316 e. The summed E-state index contributed by atoms with van der Waals surface area (Å²) in [4.78, 5) is 16.3. The molecular formula is C19H19NO3S. The van der Waals surface area contributed by atoms with Gasteiger partial charge in [-0.15, -0.1) is 11.8 Å². The van der Waals surface area contributed by atoms with E-state index in [1.54, 1.807) is 13.1 Å². The molecule has 0 saturated heterocycles. The Morgan fingerprint density at radius 2 is 2.08 bits per heavy atom. The summed E-state index contributed by atoms with van der Waals surface area (Å²) in [5.41, 5.74) is 0.752. The summed E-state index contributed by atoms with van der Waals surface area (Å²) in [7, 11) is 0. The highest BCUT2D eigenvalue weighted by Crippen LogP contribution is 2.31. The molecule has 0 aliphatic heterocycles. The highest BCUT2D eigenvalue weighted by molar-refractivity contribution is 8.00. The van der Waals surface area contributed by atoms with E-state index >= 15 is 0 Å². The van der Waals surface area contributed by atoms with Gasteiger partial charge in [-0.1, -0.05) is 11.8 Å². The quantitative estimate of drug-likeness (QED) is 0.661.